The number of carbonyl (C=O) groups is 1. The summed E-state index contributed by atoms with van der Waals surface area (Å²) in [5.74, 6) is 1.26. The monoisotopic (exact) mass is 557 g/mol. The third-order valence-electron chi connectivity index (χ3n) is 10.8. The molecule has 0 radical (unpaired) electrons. The van der Waals surface area contributed by atoms with Crippen LogP contribution in [0.15, 0.2) is 59.8 Å². The lowest BCUT2D eigenvalue weighted by Gasteiger charge is -2.60. The Bertz CT molecular complexity index is 1480. The van der Waals surface area contributed by atoms with Crippen LogP contribution in [0.1, 0.15) is 57.2 Å². The first-order valence-corrected chi connectivity index (χ1v) is 15.3. The van der Waals surface area contributed by atoms with Crippen LogP contribution in [0, 0.1) is 28.6 Å². The van der Waals surface area contributed by atoms with Crippen molar-refractivity contribution in [3.63, 3.8) is 0 Å². The van der Waals surface area contributed by atoms with E-state index in [0.717, 1.165) is 37.2 Å². The Balaban J connectivity index is 1.17. The van der Waals surface area contributed by atoms with Gasteiger partial charge in [0.25, 0.3) is 0 Å². The number of rotatable bonds is 5. The van der Waals surface area contributed by atoms with E-state index in [1.165, 1.54) is 22.9 Å². The summed E-state index contributed by atoms with van der Waals surface area (Å²) >= 11 is 1.27. The van der Waals surface area contributed by atoms with Gasteiger partial charge in [0.15, 0.2) is 16.8 Å². The van der Waals surface area contributed by atoms with Crippen LogP contribution in [-0.2, 0) is 11.2 Å². The van der Waals surface area contributed by atoms with Gasteiger partial charge in [-0.1, -0.05) is 37.2 Å². The number of pyridine rings is 1. The van der Waals surface area contributed by atoms with Crippen LogP contribution in [0.4, 0.5) is 0 Å². The first-order chi connectivity index (χ1) is 19.2. The van der Waals surface area contributed by atoms with Crippen molar-refractivity contribution in [2.24, 2.45) is 28.6 Å². The quantitative estimate of drug-likeness (QED) is 0.353. The third-order valence-corrected chi connectivity index (χ3v) is 11.7. The molecule has 40 heavy (non-hydrogen) atoms. The zero-order chi connectivity index (χ0) is 27.7. The van der Waals surface area contributed by atoms with Gasteiger partial charge in [0.05, 0.1) is 23.7 Å². The molecule has 3 aromatic heterocycles. The van der Waals surface area contributed by atoms with Crippen LogP contribution in [-0.4, -0.2) is 58.2 Å². The van der Waals surface area contributed by atoms with Crippen molar-refractivity contribution >= 4 is 23.6 Å². The predicted molar refractivity (Wildman–Crippen MR) is 152 cm³/mol. The van der Waals surface area contributed by atoms with Gasteiger partial charge in [0, 0.05) is 24.0 Å². The molecule has 208 valence electrons. The topological polar surface area (TPSA) is 114 Å². The molecule has 3 fully saturated rings. The predicted octanol–water partition coefficient (Wildman–Crippen LogP) is 4.30. The molecule has 9 heteroatoms. The molecule has 0 bridgehead atoms. The van der Waals surface area contributed by atoms with Gasteiger partial charge in [-0.05, 0) is 91.5 Å². The van der Waals surface area contributed by atoms with E-state index < -0.39 is 17.1 Å². The standard InChI is InChI=1S/C31H35N5O3S/c1-29-15-19-17-35-36(26-6-3-4-11-32-26)23(19)14-20(29)7-8-21-22-9-10-31(39,30(22,2)16-24(37)27(21)29)25(38)18-40-28-33-12-5-13-34-28/h3-6,11-14,17,21-22,24,27,37,39H,7-10,15-16,18H2,1-2H3/t21?,22?,24-,27?,29?,30?,31-/m0/s1. The Morgan fingerprint density at radius 2 is 1.93 bits per heavy atom. The van der Waals surface area contributed by atoms with Gasteiger partial charge < -0.3 is 10.2 Å². The highest BCUT2D eigenvalue weighted by atomic mass is 32.2. The highest BCUT2D eigenvalue weighted by Crippen LogP contribution is 2.67. The maximum atomic E-state index is 13.6. The zero-order valence-electron chi connectivity index (χ0n) is 22.9. The summed E-state index contributed by atoms with van der Waals surface area (Å²) in [6.07, 6.45) is 13.1. The van der Waals surface area contributed by atoms with Gasteiger partial charge in [-0.3, -0.25) is 4.79 Å². The lowest BCUT2D eigenvalue weighted by molar-refractivity contribution is -0.177. The Hall–Kier alpha value is -2.88. The minimum atomic E-state index is -1.45. The lowest BCUT2D eigenvalue weighted by Crippen LogP contribution is -2.62. The van der Waals surface area contributed by atoms with Crippen molar-refractivity contribution in [3.8, 4) is 5.82 Å². The number of Topliss-reactive ketones (excluding diaryl/α,β-unsaturated/α-hetero) is 1. The normalized spacial score (nSPS) is 36.1. The van der Waals surface area contributed by atoms with Crippen LogP contribution in [0.25, 0.3) is 11.9 Å². The molecule has 0 aromatic carbocycles. The van der Waals surface area contributed by atoms with Crippen LogP contribution < -0.4 is 0 Å². The number of hydrogen-bond acceptors (Lipinski definition) is 8. The Morgan fingerprint density at radius 3 is 2.70 bits per heavy atom. The minimum absolute atomic E-state index is 0.0708. The Morgan fingerprint density at radius 1 is 1.12 bits per heavy atom. The van der Waals surface area contributed by atoms with Crippen molar-refractivity contribution in [2.45, 2.75) is 69.2 Å². The smallest absolute Gasteiger partial charge is 0.187 e. The highest BCUT2D eigenvalue weighted by Gasteiger charge is 2.68. The number of ketones is 1. The van der Waals surface area contributed by atoms with Gasteiger partial charge in [0.1, 0.15) is 5.60 Å². The lowest BCUT2D eigenvalue weighted by atomic mass is 9.45. The Labute approximate surface area is 238 Å². The van der Waals surface area contributed by atoms with Crippen molar-refractivity contribution in [2.75, 3.05) is 5.75 Å². The summed E-state index contributed by atoms with van der Waals surface area (Å²) in [5.41, 5.74) is 1.32. The molecule has 0 amide bonds. The summed E-state index contributed by atoms with van der Waals surface area (Å²) in [6.45, 7) is 4.36. The van der Waals surface area contributed by atoms with Crippen molar-refractivity contribution in [1.29, 1.82) is 0 Å². The summed E-state index contributed by atoms with van der Waals surface area (Å²) in [7, 11) is 0. The molecule has 7 rings (SSSR count). The summed E-state index contributed by atoms with van der Waals surface area (Å²) in [4.78, 5) is 26.5. The van der Waals surface area contributed by atoms with Gasteiger partial charge in [-0.15, -0.1) is 0 Å². The highest BCUT2D eigenvalue weighted by molar-refractivity contribution is 7.99. The average molecular weight is 558 g/mol. The molecule has 0 spiro atoms. The number of nitrogens with zero attached hydrogens (tertiary/aromatic N) is 5. The molecule has 3 saturated carbocycles. The second-order valence-corrected chi connectivity index (χ2v) is 13.5. The Kier molecular flexibility index (Phi) is 6.07. The van der Waals surface area contributed by atoms with Crippen LogP contribution in [0.3, 0.4) is 0 Å². The fourth-order valence-electron chi connectivity index (χ4n) is 8.92. The number of aromatic nitrogens is 5. The summed E-state index contributed by atoms with van der Waals surface area (Å²) < 4.78 is 1.92. The molecular formula is C31H35N5O3S. The minimum Gasteiger partial charge on any atom is -0.393 e. The van der Waals surface area contributed by atoms with Gasteiger partial charge in [0.2, 0.25) is 0 Å². The van der Waals surface area contributed by atoms with Crippen LogP contribution in [0.5, 0.6) is 0 Å². The van der Waals surface area contributed by atoms with Crippen LogP contribution >= 0.6 is 11.8 Å². The van der Waals surface area contributed by atoms with Crippen LogP contribution in [0.2, 0.25) is 0 Å². The first-order valence-electron chi connectivity index (χ1n) is 14.3. The number of thioether (sulfide) groups is 1. The molecule has 4 aliphatic rings. The maximum Gasteiger partial charge on any atom is 0.187 e. The van der Waals surface area contributed by atoms with E-state index in [4.69, 9.17) is 0 Å². The number of allylic oxidation sites excluding steroid dienone is 1. The molecule has 0 aliphatic heterocycles. The zero-order valence-corrected chi connectivity index (χ0v) is 23.7. The van der Waals surface area contributed by atoms with Gasteiger partial charge in [-0.2, -0.15) is 5.10 Å². The van der Waals surface area contributed by atoms with Gasteiger partial charge in [-0.25, -0.2) is 19.6 Å². The molecule has 3 aromatic rings. The molecule has 3 heterocycles. The molecular weight excluding hydrogens is 522 g/mol. The molecule has 7 atom stereocenters. The summed E-state index contributed by atoms with van der Waals surface area (Å²) in [5, 5.41) is 29.1. The van der Waals surface area contributed by atoms with E-state index in [1.54, 1.807) is 24.7 Å². The number of carbonyl (C=O) groups excluding carboxylic acids is 1. The molecule has 0 saturated heterocycles. The number of hydrogen-bond donors (Lipinski definition) is 2. The van der Waals surface area contributed by atoms with E-state index in [0.29, 0.717) is 18.0 Å². The van der Waals surface area contributed by atoms with Crippen molar-refractivity contribution < 1.29 is 15.0 Å². The van der Waals surface area contributed by atoms with E-state index in [1.807, 2.05) is 29.1 Å². The fourth-order valence-corrected chi connectivity index (χ4v) is 9.69. The van der Waals surface area contributed by atoms with E-state index in [9.17, 15) is 15.0 Å². The van der Waals surface area contributed by atoms with Crippen molar-refractivity contribution in [1.82, 2.24) is 24.7 Å². The second kappa shape index (κ2) is 9.33. The fraction of sp³-hybridized carbons (Fsp3) is 0.516. The molecule has 4 aliphatic carbocycles. The number of fused-ring (bicyclic) bond motifs is 6. The molecule has 2 N–H and O–H groups in total. The number of aliphatic hydroxyl groups excluding tert-OH is 1. The van der Waals surface area contributed by atoms with Crippen molar-refractivity contribution in [3.05, 3.63) is 65.9 Å². The first kappa shape index (κ1) is 26.0. The van der Waals surface area contributed by atoms with E-state index in [-0.39, 0.29) is 34.7 Å². The van der Waals surface area contributed by atoms with Gasteiger partial charge >= 0.3 is 0 Å². The third kappa shape index (κ3) is 3.70. The molecule has 5 unspecified atom stereocenters. The number of aliphatic hydroxyl groups is 2. The van der Waals surface area contributed by atoms with E-state index >= 15 is 0 Å². The second-order valence-electron chi connectivity index (χ2n) is 12.6. The maximum absolute atomic E-state index is 13.6. The SMILES string of the molecule is CC12Cc3cnn(-c4ccccn4)c3C=C1CCC1C2[C@@H](O)CC2(C)C1CC[C@]2(O)C(=O)CSc1ncccn1. The summed E-state index contributed by atoms with van der Waals surface area (Å²) in [6, 6.07) is 7.59. The largest absolute Gasteiger partial charge is 0.393 e. The molecule has 8 nitrogen and oxygen atoms in total. The van der Waals surface area contributed by atoms with E-state index in [2.05, 4.69) is 40.0 Å². The average Bonchev–Trinajstić information content (AvgIpc) is 3.48.